The summed E-state index contributed by atoms with van der Waals surface area (Å²) < 4.78 is 23.1. The number of amides is 2. The molecular formula is C55H79N5O8SSi. The van der Waals surface area contributed by atoms with E-state index >= 15 is 0 Å². The predicted octanol–water partition coefficient (Wildman–Crippen LogP) is 8.46. The van der Waals surface area contributed by atoms with Crippen molar-refractivity contribution in [2.75, 3.05) is 58.5 Å². The Morgan fingerprint density at radius 2 is 1.31 bits per heavy atom. The van der Waals surface area contributed by atoms with E-state index in [9.17, 15) is 19.2 Å². The number of Topliss-reactive ketones (excluding diaryl/α,β-unsaturated/α-hetero) is 2. The highest BCUT2D eigenvalue weighted by Gasteiger charge is 2.47. The predicted molar refractivity (Wildman–Crippen MR) is 285 cm³/mol. The molecule has 15 heteroatoms. The fraction of sp³-hybridized carbons (Fsp3) is 0.564. The van der Waals surface area contributed by atoms with Crippen LogP contribution >= 0.6 is 11.8 Å². The molecule has 0 radical (unpaired) electrons. The molecule has 0 unspecified atom stereocenters. The van der Waals surface area contributed by atoms with Gasteiger partial charge in [-0.2, -0.15) is 11.8 Å². The van der Waals surface area contributed by atoms with Gasteiger partial charge in [-0.05, 0) is 74.0 Å². The Bertz CT molecular complexity index is 2150. The quantitative estimate of drug-likeness (QED) is 0.0173. The van der Waals surface area contributed by atoms with Crippen LogP contribution in [0.25, 0.3) is 10.4 Å². The zero-order valence-electron chi connectivity index (χ0n) is 43.6. The number of nitrogens with one attached hydrogen (secondary N) is 2. The molecule has 3 rings (SSSR count). The fourth-order valence-corrected chi connectivity index (χ4v) is 13.3. The lowest BCUT2D eigenvalue weighted by molar-refractivity contribution is -0.137. The van der Waals surface area contributed by atoms with Crippen LogP contribution in [0, 0.1) is 23.3 Å². The average Bonchev–Trinajstić information content (AvgIpc) is 3.29. The molecule has 382 valence electrons. The molecule has 3 atom stereocenters. The van der Waals surface area contributed by atoms with Crippen molar-refractivity contribution in [2.24, 2.45) is 17.0 Å². The molecule has 3 aromatic carbocycles. The Kier molecular flexibility index (Phi) is 24.6. The van der Waals surface area contributed by atoms with Crippen molar-refractivity contribution in [3.63, 3.8) is 0 Å². The van der Waals surface area contributed by atoms with Gasteiger partial charge in [0.1, 0.15) is 19.0 Å². The molecule has 0 saturated heterocycles. The van der Waals surface area contributed by atoms with Crippen LogP contribution in [0.5, 0.6) is 0 Å². The second-order valence-corrected chi connectivity index (χ2v) is 27.3. The van der Waals surface area contributed by atoms with Gasteiger partial charge in [-0.1, -0.05) is 144 Å². The first-order chi connectivity index (χ1) is 33.0. The summed E-state index contributed by atoms with van der Waals surface area (Å²) in [5.41, 5.74) is 11.7. The Hall–Kier alpha value is -4.78. The maximum Gasteiger partial charge on any atom is 0.246 e. The smallest absolute Gasteiger partial charge is 0.246 e. The van der Waals surface area contributed by atoms with Crippen LogP contribution in [-0.4, -0.2) is 112 Å². The van der Waals surface area contributed by atoms with Gasteiger partial charge in [0.2, 0.25) is 19.9 Å². The molecule has 0 aliphatic heterocycles. The van der Waals surface area contributed by atoms with Crippen LogP contribution in [0.4, 0.5) is 0 Å². The number of benzene rings is 3. The van der Waals surface area contributed by atoms with Crippen molar-refractivity contribution in [1.82, 2.24) is 10.6 Å². The molecule has 0 saturated carbocycles. The first kappa shape index (κ1) is 59.5. The van der Waals surface area contributed by atoms with Gasteiger partial charge in [-0.15, -0.1) is 5.54 Å². The Balaban J connectivity index is 1.60. The maximum absolute atomic E-state index is 14.3. The monoisotopic (exact) mass is 998 g/mol. The minimum atomic E-state index is -2.51. The minimum Gasteiger partial charge on any atom is -0.377 e. The average molecular weight is 998 g/mol. The Morgan fingerprint density at radius 1 is 0.757 bits per heavy atom. The van der Waals surface area contributed by atoms with Crippen molar-refractivity contribution < 1.29 is 38.1 Å². The van der Waals surface area contributed by atoms with Crippen molar-refractivity contribution in [3.05, 3.63) is 107 Å². The van der Waals surface area contributed by atoms with Gasteiger partial charge in [0.15, 0.2) is 5.78 Å². The second kappa shape index (κ2) is 28.9. The van der Waals surface area contributed by atoms with Crippen molar-refractivity contribution in [1.29, 1.82) is 0 Å². The van der Waals surface area contributed by atoms with E-state index in [1.165, 1.54) is 22.1 Å². The molecule has 0 fully saturated rings. The minimum absolute atomic E-state index is 0.0583. The van der Waals surface area contributed by atoms with E-state index in [1.807, 2.05) is 97.9 Å². The largest absolute Gasteiger partial charge is 0.377 e. The number of carbonyl (C=O) groups excluding carboxylic acids is 4. The third-order valence-corrected chi connectivity index (χ3v) is 18.2. The fourth-order valence-electron chi connectivity index (χ4n) is 7.95. The highest BCUT2D eigenvalue weighted by Crippen LogP contribution is 2.35. The first-order valence-electron chi connectivity index (χ1n) is 24.3. The summed E-state index contributed by atoms with van der Waals surface area (Å²) in [6.45, 7) is 23.3. The Labute approximate surface area is 423 Å². The molecule has 2 amide bonds. The van der Waals surface area contributed by atoms with E-state index in [4.69, 9.17) is 24.5 Å². The highest BCUT2D eigenvalue weighted by molar-refractivity contribution is 8.00. The summed E-state index contributed by atoms with van der Waals surface area (Å²) in [5.74, 6) is 0.783. The van der Waals surface area contributed by atoms with Gasteiger partial charge in [-0.25, -0.2) is 0 Å². The van der Waals surface area contributed by atoms with E-state index in [0.29, 0.717) is 26.1 Å². The number of hydrogen-bond acceptors (Lipinski definition) is 10. The normalized spacial score (nSPS) is 13.5. The van der Waals surface area contributed by atoms with Crippen molar-refractivity contribution >= 4 is 53.6 Å². The van der Waals surface area contributed by atoms with Crippen molar-refractivity contribution in [3.8, 4) is 11.5 Å². The second-order valence-electron chi connectivity index (χ2n) is 21.1. The number of nitrogens with zero attached hydrogens (tertiary/aromatic N) is 3. The molecule has 3 aromatic rings. The number of ether oxygens (including phenoxy) is 4. The summed E-state index contributed by atoms with van der Waals surface area (Å²) in [7, 11) is -2.51. The van der Waals surface area contributed by atoms with Crippen LogP contribution in [0.3, 0.4) is 0 Å². The molecule has 0 aliphatic carbocycles. The number of thioether (sulfide) groups is 1. The van der Waals surface area contributed by atoms with Crippen molar-refractivity contribution in [2.45, 2.75) is 129 Å². The topological polar surface area (TPSA) is 178 Å². The summed E-state index contributed by atoms with van der Waals surface area (Å²) in [6.07, 6.45) is 0.716. The van der Waals surface area contributed by atoms with E-state index in [2.05, 4.69) is 101 Å². The van der Waals surface area contributed by atoms with E-state index in [0.717, 1.165) is 5.56 Å². The number of hydrogen-bond donors (Lipinski definition) is 2. The molecule has 0 spiro atoms. The lowest BCUT2D eigenvalue weighted by Crippen LogP contribution is -2.63. The van der Waals surface area contributed by atoms with Crippen LogP contribution in [0.1, 0.15) is 101 Å². The van der Waals surface area contributed by atoms with E-state index < -0.39 is 48.9 Å². The first-order valence-corrected chi connectivity index (χ1v) is 27.3. The summed E-state index contributed by atoms with van der Waals surface area (Å²) in [4.78, 5) is 58.3. The molecule has 0 aliphatic rings. The number of azide groups is 1. The van der Waals surface area contributed by atoms with Gasteiger partial charge >= 0.3 is 0 Å². The molecule has 2 N–H and O–H groups in total. The lowest BCUT2D eigenvalue weighted by Gasteiger charge is -2.39. The summed E-state index contributed by atoms with van der Waals surface area (Å²) >= 11 is 1.53. The molecule has 0 heterocycles. The number of ketones is 2. The molecule has 13 nitrogen and oxygen atoms in total. The van der Waals surface area contributed by atoms with Gasteiger partial charge < -0.3 is 29.6 Å². The van der Waals surface area contributed by atoms with Gasteiger partial charge in [0, 0.05) is 46.3 Å². The molecule has 70 heavy (non-hydrogen) atoms. The SMILES string of the molecule is CC(C)(C)OC[C@H](CC(=O)[C@H](CSC(C)(C)C)NC(=O)COCCOCCOCC#C[Si](c1ccccc1)(c1ccccc1)C(C)(C)C)C(=O)NC(C)(C)[C@@H](Cc1ccccc1)C(=O)CCCN=[N+]=[N-]. The van der Waals surface area contributed by atoms with E-state index in [-0.39, 0.29) is 79.5 Å². The highest BCUT2D eigenvalue weighted by atomic mass is 32.2. The standard InChI is InChI=1S/C55H79N5O8SSi/c1-52(2,3)68-39-43(51(64)59-55(10,11)46(37-42-23-15-12-16-24-42)48(61)29-21-30-57-60-56)38-49(62)47(41-69-53(4,5)6)58-50(63)40-67-35-34-66-33-32-65-31-22-36-70(54(7,8)9,44-25-17-13-18-26-44)45-27-19-14-20-28-45/h12-20,23-28,43,46-47H,21,29-35,37-41H2,1-11H3,(H,58,63)(H,59,64)/t43-,46-,47-/m0/s1. The van der Waals surface area contributed by atoms with Gasteiger partial charge in [0.05, 0.1) is 50.6 Å². The zero-order valence-corrected chi connectivity index (χ0v) is 45.4. The third kappa shape index (κ3) is 20.9. The Morgan fingerprint density at radius 3 is 1.86 bits per heavy atom. The number of rotatable bonds is 29. The molecule has 0 aromatic heterocycles. The maximum atomic E-state index is 14.3. The van der Waals surface area contributed by atoms with Crippen LogP contribution in [0.15, 0.2) is 96.1 Å². The van der Waals surface area contributed by atoms with Gasteiger partial charge in [-0.3, -0.25) is 19.2 Å². The summed E-state index contributed by atoms with van der Waals surface area (Å²) in [6, 6.07) is 29.8. The zero-order chi connectivity index (χ0) is 51.9. The molecular weight excluding hydrogens is 919 g/mol. The lowest BCUT2D eigenvalue weighted by atomic mass is 9.78. The van der Waals surface area contributed by atoms with Gasteiger partial charge in [0.25, 0.3) is 0 Å². The number of carbonyl (C=O) groups is 4. The van der Waals surface area contributed by atoms with E-state index in [1.54, 1.807) is 0 Å². The van der Waals surface area contributed by atoms with Crippen LogP contribution in [-0.2, 0) is 44.5 Å². The van der Waals surface area contributed by atoms with Crippen LogP contribution < -0.4 is 21.0 Å². The van der Waals surface area contributed by atoms with Crippen LogP contribution in [0.2, 0.25) is 5.04 Å². The summed E-state index contributed by atoms with van der Waals surface area (Å²) in [5, 5.41) is 12.0. The molecule has 0 bridgehead atoms. The third-order valence-electron chi connectivity index (χ3n) is 11.6.